The van der Waals surface area contributed by atoms with Crippen LogP contribution in [0.25, 0.3) is 11.0 Å². The maximum absolute atomic E-state index is 12.6. The van der Waals surface area contributed by atoms with Gasteiger partial charge in [-0.25, -0.2) is 4.98 Å². The minimum Gasteiger partial charge on any atom is -0.493 e. The summed E-state index contributed by atoms with van der Waals surface area (Å²) in [7, 11) is 5.37. The van der Waals surface area contributed by atoms with Crippen molar-refractivity contribution in [2.24, 2.45) is 0 Å². The molecule has 1 heterocycles. The highest BCUT2D eigenvalue weighted by Crippen LogP contribution is 2.31. The van der Waals surface area contributed by atoms with E-state index in [0.717, 1.165) is 54.2 Å². The van der Waals surface area contributed by atoms with Crippen LogP contribution in [0.5, 0.6) is 11.5 Å². The first-order chi connectivity index (χ1) is 17.1. The Morgan fingerprint density at radius 1 is 0.914 bits per heavy atom. The molecule has 4 aromatic rings. The van der Waals surface area contributed by atoms with Crippen molar-refractivity contribution in [1.82, 2.24) is 9.97 Å². The number of nitrogens with one attached hydrogen (secondary N) is 1. The number of benzene rings is 3. The van der Waals surface area contributed by atoms with Crippen molar-refractivity contribution < 1.29 is 14.3 Å². The van der Waals surface area contributed by atoms with Gasteiger partial charge in [0.1, 0.15) is 5.69 Å². The van der Waals surface area contributed by atoms with Crippen LogP contribution in [0.3, 0.4) is 0 Å². The number of amides is 1. The van der Waals surface area contributed by atoms with Gasteiger partial charge >= 0.3 is 0 Å². The zero-order valence-corrected chi connectivity index (χ0v) is 20.3. The van der Waals surface area contributed by atoms with Crippen molar-refractivity contribution in [3.05, 3.63) is 84.2 Å². The molecule has 3 aromatic carbocycles. The van der Waals surface area contributed by atoms with Crippen LogP contribution >= 0.6 is 0 Å². The van der Waals surface area contributed by atoms with E-state index in [9.17, 15) is 4.79 Å². The van der Waals surface area contributed by atoms with E-state index in [1.165, 1.54) is 11.8 Å². The first-order valence-corrected chi connectivity index (χ1v) is 11.6. The van der Waals surface area contributed by atoms with Crippen molar-refractivity contribution in [2.45, 2.75) is 19.3 Å². The second kappa shape index (κ2) is 11.3. The summed E-state index contributed by atoms with van der Waals surface area (Å²) >= 11 is 0. The number of ether oxygens (including phenoxy) is 2. The number of unbranched alkanes of at least 4 members (excludes halogenated alkanes) is 1. The fraction of sp³-hybridized carbons (Fsp3) is 0.250. The highest BCUT2D eigenvalue weighted by molar-refractivity contribution is 6.03. The number of carbonyl (C=O) groups is 1. The number of aryl methyl sites for hydroxylation is 1. The number of nitrogens with zero attached hydrogens (tertiary/aromatic N) is 3. The Labute approximate surface area is 205 Å². The molecular formula is C28H30N4O3. The first kappa shape index (κ1) is 24.0. The Morgan fingerprint density at radius 2 is 1.66 bits per heavy atom. The number of hydrogen-bond donors (Lipinski definition) is 1. The Balaban J connectivity index is 1.25. The molecule has 0 radical (unpaired) electrons. The predicted octanol–water partition coefficient (Wildman–Crippen LogP) is 5.36. The van der Waals surface area contributed by atoms with Gasteiger partial charge in [0.05, 0.1) is 31.4 Å². The number of carbonyl (C=O) groups excluding carboxylic acids is 1. The zero-order valence-electron chi connectivity index (χ0n) is 20.3. The van der Waals surface area contributed by atoms with E-state index >= 15 is 0 Å². The molecule has 0 saturated heterocycles. The van der Waals surface area contributed by atoms with E-state index in [0.29, 0.717) is 11.2 Å². The van der Waals surface area contributed by atoms with Crippen LogP contribution in [0, 0.1) is 0 Å². The van der Waals surface area contributed by atoms with E-state index in [2.05, 4.69) is 39.4 Å². The van der Waals surface area contributed by atoms with Crippen molar-refractivity contribution in [3.63, 3.8) is 0 Å². The molecule has 0 aliphatic rings. The number of fused-ring (bicyclic) bond motifs is 1. The zero-order chi connectivity index (χ0) is 24.6. The fourth-order valence-corrected chi connectivity index (χ4v) is 3.89. The molecule has 7 nitrogen and oxygen atoms in total. The lowest BCUT2D eigenvalue weighted by Crippen LogP contribution is -2.18. The number of rotatable bonds is 10. The van der Waals surface area contributed by atoms with Gasteiger partial charge in [-0.15, -0.1) is 0 Å². The molecule has 0 aliphatic carbocycles. The van der Waals surface area contributed by atoms with Crippen LogP contribution in [0.15, 0.2) is 72.9 Å². The van der Waals surface area contributed by atoms with Crippen LogP contribution in [-0.4, -0.2) is 43.7 Å². The molecule has 4 rings (SSSR count). The first-order valence-electron chi connectivity index (χ1n) is 11.6. The second-order valence-corrected chi connectivity index (χ2v) is 8.31. The van der Waals surface area contributed by atoms with Crippen molar-refractivity contribution >= 4 is 28.3 Å². The third kappa shape index (κ3) is 6.06. The molecule has 0 unspecified atom stereocenters. The van der Waals surface area contributed by atoms with Gasteiger partial charge in [0, 0.05) is 31.0 Å². The number of hydrogen-bond acceptors (Lipinski definition) is 6. The Kier molecular flexibility index (Phi) is 7.77. The molecule has 35 heavy (non-hydrogen) atoms. The van der Waals surface area contributed by atoms with Gasteiger partial charge in [-0.05, 0) is 61.2 Å². The Bertz CT molecular complexity index is 1290. The molecule has 1 aromatic heterocycles. The van der Waals surface area contributed by atoms with Gasteiger partial charge in [0.15, 0.2) is 11.5 Å². The van der Waals surface area contributed by atoms with E-state index in [1.54, 1.807) is 14.2 Å². The molecule has 1 N–H and O–H groups in total. The molecule has 0 spiro atoms. The molecule has 0 fully saturated rings. The molecular weight excluding hydrogens is 440 g/mol. The Hall–Kier alpha value is -4.13. The molecule has 0 atom stereocenters. The number of para-hydroxylation sites is 2. The fourth-order valence-electron chi connectivity index (χ4n) is 3.89. The van der Waals surface area contributed by atoms with Gasteiger partial charge in [0.25, 0.3) is 5.91 Å². The summed E-state index contributed by atoms with van der Waals surface area (Å²) in [5.41, 5.74) is 4.84. The summed E-state index contributed by atoms with van der Waals surface area (Å²) in [5.74, 6) is 1.19. The average molecular weight is 471 g/mol. The lowest BCUT2D eigenvalue weighted by molar-refractivity contribution is 0.102. The van der Waals surface area contributed by atoms with E-state index in [1.807, 2.05) is 54.6 Å². The molecule has 0 bridgehead atoms. The van der Waals surface area contributed by atoms with E-state index in [-0.39, 0.29) is 5.91 Å². The van der Waals surface area contributed by atoms with Crippen molar-refractivity contribution in [3.8, 4) is 11.5 Å². The van der Waals surface area contributed by atoms with Crippen molar-refractivity contribution in [2.75, 3.05) is 38.0 Å². The van der Waals surface area contributed by atoms with Gasteiger partial charge in [-0.3, -0.25) is 9.78 Å². The predicted molar refractivity (Wildman–Crippen MR) is 140 cm³/mol. The van der Waals surface area contributed by atoms with Crippen LogP contribution in [0.2, 0.25) is 0 Å². The topological polar surface area (TPSA) is 76.6 Å². The second-order valence-electron chi connectivity index (χ2n) is 8.31. The highest BCUT2D eigenvalue weighted by atomic mass is 16.5. The largest absolute Gasteiger partial charge is 0.493 e. The number of methoxy groups -OCH3 is 2. The van der Waals surface area contributed by atoms with E-state index in [4.69, 9.17) is 9.47 Å². The molecule has 180 valence electrons. The maximum atomic E-state index is 12.6. The van der Waals surface area contributed by atoms with Crippen LogP contribution < -0.4 is 19.7 Å². The quantitative estimate of drug-likeness (QED) is 0.315. The summed E-state index contributed by atoms with van der Waals surface area (Å²) < 4.78 is 10.7. The van der Waals surface area contributed by atoms with Crippen LogP contribution in [-0.2, 0) is 6.42 Å². The normalized spacial score (nSPS) is 10.7. The van der Waals surface area contributed by atoms with Crippen LogP contribution in [0.4, 0.5) is 11.4 Å². The lowest BCUT2D eigenvalue weighted by atomic mass is 10.1. The number of aromatic nitrogens is 2. The molecule has 0 aliphatic heterocycles. The Morgan fingerprint density at radius 3 is 2.40 bits per heavy atom. The monoisotopic (exact) mass is 470 g/mol. The summed E-state index contributed by atoms with van der Waals surface area (Å²) in [4.78, 5) is 23.5. The van der Waals surface area contributed by atoms with Crippen molar-refractivity contribution in [1.29, 1.82) is 0 Å². The summed E-state index contributed by atoms with van der Waals surface area (Å²) in [5, 5.41) is 2.90. The number of anilines is 2. The van der Waals surface area contributed by atoms with Crippen LogP contribution in [0.1, 0.15) is 28.9 Å². The maximum Gasteiger partial charge on any atom is 0.275 e. The lowest BCUT2D eigenvalue weighted by Gasteiger charge is -2.20. The van der Waals surface area contributed by atoms with Gasteiger partial charge in [-0.2, -0.15) is 0 Å². The summed E-state index contributed by atoms with van der Waals surface area (Å²) in [6.45, 7) is 0.941. The standard InChI is InChI=1S/C28H30N4O3/c1-32(22-15-16-26(34-2)27(18-22)35-3)17-7-6-8-20-11-13-21(14-12-20)30-28(33)25-19-29-23-9-4-5-10-24(23)31-25/h4-5,9-16,18-19H,6-8,17H2,1-3H3,(H,30,33). The van der Waals surface area contributed by atoms with Gasteiger partial charge in [0.2, 0.25) is 0 Å². The van der Waals surface area contributed by atoms with Gasteiger partial charge in [-0.1, -0.05) is 24.3 Å². The smallest absolute Gasteiger partial charge is 0.275 e. The third-order valence-electron chi connectivity index (χ3n) is 5.91. The molecule has 1 amide bonds. The molecule has 7 heteroatoms. The summed E-state index contributed by atoms with van der Waals surface area (Å²) in [6.07, 6.45) is 4.61. The van der Waals surface area contributed by atoms with Gasteiger partial charge < -0.3 is 19.7 Å². The summed E-state index contributed by atoms with van der Waals surface area (Å²) in [6, 6.07) is 21.4. The van der Waals surface area contributed by atoms with E-state index < -0.39 is 0 Å². The minimum absolute atomic E-state index is 0.269. The molecule has 0 saturated carbocycles. The average Bonchev–Trinajstić information content (AvgIpc) is 2.91. The SMILES string of the molecule is COc1ccc(N(C)CCCCc2ccc(NC(=O)c3cnc4ccccc4n3)cc2)cc1OC. The highest BCUT2D eigenvalue weighted by Gasteiger charge is 2.10. The minimum atomic E-state index is -0.269. The third-order valence-corrected chi connectivity index (χ3v) is 5.91.